The predicted octanol–water partition coefficient (Wildman–Crippen LogP) is 3.75. The van der Waals surface area contributed by atoms with Gasteiger partial charge in [-0.15, -0.1) is 0 Å². The molecule has 3 heterocycles. The lowest BCUT2D eigenvalue weighted by Crippen LogP contribution is -2.49. The highest BCUT2D eigenvalue weighted by Gasteiger charge is 2.43. The van der Waals surface area contributed by atoms with Crippen LogP contribution < -0.4 is 10.5 Å². The van der Waals surface area contributed by atoms with Crippen LogP contribution in [0.2, 0.25) is 0 Å². The van der Waals surface area contributed by atoms with E-state index in [0.29, 0.717) is 18.6 Å². The summed E-state index contributed by atoms with van der Waals surface area (Å²) in [5, 5.41) is 23.7. The minimum Gasteiger partial charge on any atom is -0.485 e. The van der Waals surface area contributed by atoms with Crippen molar-refractivity contribution in [3.8, 4) is 28.7 Å². The number of halogens is 3. The SMILES string of the molecule is CC(C)(O)C#Cc1cccc(COc2cc(-c3cnn(C4CCN(C(O)C(F)(F)F)CC4)c3)cnc2N)c1. The molecule has 1 saturated heterocycles. The molecule has 4 rings (SSSR count). The van der Waals surface area contributed by atoms with E-state index in [0.717, 1.165) is 27.2 Å². The van der Waals surface area contributed by atoms with Crippen LogP contribution in [0.5, 0.6) is 5.75 Å². The molecule has 0 radical (unpaired) electrons. The molecule has 4 N–H and O–H groups in total. The van der Waals surface area contributed by atoms with Crippen molar-refractivity contribution in [1.29, 1.82) is 0 Å². The zero-order valence-electron chi connectivity index (χ0n) is 21.1. The van der Waals surface area contributed by atoms with Crippen molar-refractivity contribution in [2.24, 2.45) is 0 Å². The number of pyridine rings is 1. The number of piperidine rings is 1. The molecule has 0 spiro atoms. The Bertz CT molecular complexity index is 1320. The van der Waals surface area contributed by atoms with Crippen LogP contribution in [0.4, 0.5) is 19.0 Å². The first-order valence-electron chi connectivity index (χ1n) is 12.2. The molecule has 0 bridgehead atoms. The number of ether oxygens (including phenoxy) is 1. The van der Waals surface area contributed by atoms with E-state index in [9.17, 15) is 23.4 Å². The van der Waals surface area contributed by atoms with E-state index in [1.54, 1.807) is 37.0 Å². The van der Waals surface area contributed by atoms with Gasteiger partial charge in [-0.25, -0.2) is 4.98 Å². The number of anilines is 1. The van der Waals surface area contributed by atoms with Gasteiger partial charge in [0, 0.05) is 42.2 Å². The van der Waals surface area contributed by atoms with E-state index in [2.05, 4.69) is 21.9 Å². The van der Waals surface area contributed by atoms with Crippen LogP contribution in [-0.4, -0.2) is 61.0 Å². The molecular weight excluding hydrogens is 499 g/mol. The van der Waals surface area contributed by atoms with Gasteiger partial charge in [-0.3, -0.25) is 9.58 Å². The van der Waals surface area contributed by atoms with Gasteiger partial charge in [0.2, 0.25) is 6.23 Å². The van der Waals surface area contributed by atoms with Gasteiger partial charge in [0.25, 0.3) is 0 Å². The second kappa shape index (κ2) is 11.0. The van der Waals surface area contributed by atoms with Gasteiger partial charge < -0.3 is 20.7 Å². The topological polar surface area (TPSA) is 110 Å². The smallest absolute Gasteiger partial charge is 0.428 e. The van der Waals surface area contributed by atoms with Crippen molar-refractivity contribution in [2.75, 3.05) is 18.8 Å². The highest BCUT2D eigenvalue weighted by Crippen LogP contribution is 2.31. The first kappa shape index (κ1) is 27.4. The summed E-state index contributed by atoms with van der Waals surface area (Å²) in [6.07, 6.45) is -1.15. The standard InChI is InChI=1S/C27H30F3N5O3/c1-26(2,37)9-6-18-4-3-5-19(12-18)17-38-23-13-20(14-32-24(23)31)21-15-33-35(16-21)22-7-10-34(11-8-22)25(36)27(28,29)30/h3-5,12-16,22,25,36-37H,7-8,10-11,17H2,1-2H3,(H2,31,32). The minimum absolute atomic E-state index is 0.0790. The van der Waals surface area contributed by atoms with Gasteiger partial charge in [0.05, 0.1) is 12.2 Å². The first-order chi connectivity index (χ1) is 17.9. The summed E-state index contributed by atoms with van der Waals surface area (Å²) in [6.45, 7) is 3.70. The normalized spacial score (nSPS) is 16.1. The fourth-order valence-electron chi connectivity index (χ4n) is 4.14. The van der Waals surface area contributed by atoms with Crippen LogP contribution >= 0.6 is 0 Å². The number of nitrogens with two attached hydrogens (primary N) is 1. The third-order valence-corrected chi connectivity index (χ3v) is 6.16. The number of rotatable bonds is 6. The second-order valence-electron chi connectivity index (χ2n) is 9.80. The lowest BCUT2D eigenvalue weighted by molar-refractivity contribution is -0.252. The van der Waals surface area contributed by atoms with E-state index in [1.165, 1.54) is 0 Å². The van der Waals surface area contributed by atoms with Gasteiger partial charge in [-0.05, 0) is 50.5 Å². The largest absolute Gasteiger partial charge is 0.485 e. The quantitative estimate of drug-likeness (QED) is 0.418. The Kier molecular flexibility index (Phi) is 7.97. The number of alkyl halides is 3. The van der Waals surface area contributed by atoms with E-state index in [-0.39, 0.29) is 31.6 Å². The Balaban J connectivity index is 1.41. The molecule has 0 aliphatic carbocycles. The highest BCUT2D eigenvalue weighted by atomic mass is 19.4. The van der Waals surface area contributed by atoms with E-state index in [4.69, 9.17) is 10.5 Å². The van der Waals surface area contributed by atoms with Crippen LogP contribution in [0.25, 0.3) is 11.1 Å². The number of nitrogens with zero attached hydrogens (tertiary/aromatic N) is 4. The molecule has 1 fully saturated rings. The Morgan fingerprint density at radius 3 is 2.58 bits per heavy atom. The molecule has 0 amide bonds. The molecule has 11 heteroatoms. The molecule has 202 valence electrons. The monoisotopic (exact) mass is 529 g/mol. The Morgan fingerprint density at radius 2 is 1.89 bits per heavy atom. The molecule has 1 atom stereocenters. The zero-order chi connectivity index (χ0) is 27.5. The number of aliphatic hydroxyl groups is 2. The highest BCUT2D eigenvalue weighted by molar-refractivity contribution is 5.65. The van der Waals surface area contributed by atoms with Crippen LogP contribution in [0, 0.1) is 11.8 Å². The van der Waals surface area contributed by atoms with Gasteiger partial charge in [-0.2, -0.15) is 18.3 Å². The van der Waals surface area contributed by atoms with Gasteiger partial charge in [0.15, 0.2) is 11.6 Å². The molecule has 2 aromatic heterocycles. The minimum atomic E-state index is -4.67. The average Bonchev–Trinajstić information content (AvgIpc) is 3.36. The maximum Gasteiger partial charge on any atom is 0.428 e. The van der Waals surface area contributed by atoms with Crippen molar-refractivity contribution in [2.45, 2.75) is 57.3 Å². The van der Waals surface area contributed by atoms with Crippen molar-refractivity contribution in [1.82, 2.24) is 19.7 Å². The fourth-order valence-corrected chi connectivity index (χ4v) is 4.14. The summed E-state index contributed by atoms with van der Waals surface area (Å²) >= 11 is 0. The second-order valence-corrected chi connectivity index (χ2v) is 9.80. The van der Waals surface area contributed by atoms with Crippen molar-refractivity contribution in [3.63, 3.8) is 0 Å². The molecular formula is C27H30F3N5O3. The van der Waals surface area contributed by atoms with Crippen LogP contribution in [0.3, 0.4) is 0 Å². The molecule has 1 aromatic carbocycles. The van der Waals surface area contributed by atoms with E-state index in [1.807, 2.05) is 30.5 Å². The van der Waals surface area contributed by atoms with Gasteiger partial charge >= 0.3 is 6.18 Å². The molecule has 8 nitrogen and oxygen atoms in total. The summed E-state index contributed by atoms with van der Waals surface area (Å²) in [5.41, 5.74) is 8.06. The first-order valence-corrected chi connectivity index (χ1v) is 12.2. The van der Waals surface area contributed by atoms with Crippen molar-refractivity contribution >= 4 is 5.82 Å². The van der Waals surface area contributed by atoms with Gasteiger partial charge in [-0.1, -0.05) is 24.0 Å². The van der Waals surface area contributed by atoms with Crippen LogP contribution in [-0.2, 0) is 6.61 Å². The Labute approximate surface area is 218 Å². The molecule has 1 unspecified atom stereocenters. The summed E-state index contributed by atoms with van der Waals surface area (Å²) in [5.74, 6) is 6.35. The summed E-state index contributed by atoms with van der Waals surface area (Å²) in [7, 11) is 0. The molecule has 0 saturated carbocycles. The number of hydrogen-bond donors (Lipinski definition) is 3. The number of benzene rings is 1. The summed E-state index contributed by atoms with van der Waals surface area (Å²) in [6, 6.07) is 9.15. The third-order valence-electron chi connectivity index (χ3n) is 6.16. The van der Waals surface area contributed by atoms with Crippen molar-refractivity contribution in [3.05, 3.63) is 60.0 Å². The Hall–Kier alpha value is -3.59. The third kappa shape index (κ3) is 7.04. The summed E-state index contributed by atoms with van der Waals surface area (Å²) in [4.78, 5) is 5.27. The molecule has 3 aromatic rings. The number of nitrogen functional groups attached to an aromatic ring is 1. The van der Waals surface area contributed by atoms with E-state index < -0.39 is 18.0 Å². The zero-order valence-corrected chi connectivity index (χ0v) is 21.1. The average molecular weight is 530 g/mol. The lowest BCUT2D eigenvalue weighted by Gasteiger charge is -2.35. The van der Waals surface area contributed by atoms with E-state index >= 15 is 0 Å². The fraction of sp³-hybridized carbons (Fsp3) is 0.407. The Morgan fingerprint density at radius 1 is 1.16 bits per heavy atom. The number of hydrogen-bond acceptors (Lipinski definition) is 7. The molecule has 38 heavy (non-hydrogen) atoms. The van der Waals surface area contributed by atoms with Gasteiger partial charge in [0.1, 0.15) is 12.2 Å². The molecule has 1 aliphatic heterocycles. The number of likely N-dealkylation sites (tertiary alicyclic amines) is 1. The molecule has 1 aliphatic rings. The maximum atomic E-state index is 12.8. The number of aliphatic hydroxyl groups excluding tert-OH is 1. The van der Waals surface area contributed by atoms with Crippen LogP contribution in [0.1, 0.15) is 43.9 Å². The lowest BCUT2D eigenvalue weighted by atomic mass is 10.0. The number of aromatic nitrogens is 3. The van der Waals surface area contributed by atoms with Crippen LogP contribution in [0.15, 0.2) is 48.9 Å². The predicted molar refractivity (Wildman–Crippen MR) is 136 cm³/mol. The summed E-state index contributed by atoms with van der Waals surface area (Å²) < 4.78 is 46.1. The van der Waals surface area contributed by atoms with Crippen molar-refractivity contribution < 1.29 is 28.1 Å². The maximum absolute atomic E-state index is 12.8.